The minimum atomic E-state index is -0.0146. The molecule has 3 heterocycles. The molecule has 7 nitrogen and oxygen atoms in total. The fourth-order valence-electron chi connectivity index (χ4n) is 4.73. The molecule has 2 aromatic carbocycles. The third-order valence-electron chi connectivity index (χ3n) is 6.81. The molecule has 1 amide bonds. The maximum absolute atomic E-state index is 12.7. The molecule has 3 N–H and O–H groups in total. The van der Waals surface area contributed by atoms with Crippen molar-refractivity contribution in [2.75, 3.05) is 25.0 Å². The monoisotopic (exact) mass is 468 g/mol. The number of aryl methyl sites for hydroxylation is 2. The van der Waals surface area contributed by atoms with Gasteiger partial charge < -0.3 is 16.0 Å². The predicted octanol–water partition coefficient (Wildman–Crippen LogP) is 4.88. The molecular formula is C28H32N6O. The average molecular weight is 469 g/mol. The highest BCUT2D eigenvalue weighted by Gasteiger charge is 2.15. The van der Waals surface area contributed by atoms with Gasteiger partial charge in [0.25, 0.3) is 5.91 Å². The molecule has 5 rings (SSSR count). The molecule has 0 spiro atoms. The maximum Gasteiger partial charge on any atom is 0.251 e. The summed E-state index contributed by atoms with van der Waals surface area (Å²) in [5, 5.41) is 9.87. The van der Waals surface area contributed by atoms with E-state index in [-0.39, 0.29) is 5.91 Å². The first-order valence-corrected chi connectivity index (χ1v) is 12.3. The first kappa shape index (κ1) is 23.1. The number of piperidine rings is 1. The molecule has 0 bridgehead atoms. The molecule has 0 aliphatic carbocycles. The minimum absolute atomic E-state index is 0.0146. The summed E-state index contributed by atoms with van der Waals surface area (Å²) in [4.78, 5) is 21.9. The molecule has 2 aromatic heterocycles. The number of nitrogens with one attached hydrogen (secondary N) is 3. The Labute approximate surface area is 206 Å². The number of hydrogen-bond donors (Lipinski definition) is 3. The van der Waals surface area contributed by atoms with Gasteiger partial charge in [0.05, 0.1) is 11.9 Å². The molecule has 1 fully saturated rings. The summed E-state index contributed by atoms with van der Waals surface area (Å²) in [6.45, 7) is 6.93. The van der Waals surface area contributed by atoms with E-state index >= 15 is 0 Å². The van der Waals surface area contributed by atoms with Crippen LogP contribution in [0.1, 0.15) is 40.7 Å². The van der Waals surface area contributed by atoms with Crippen LogP contribution in [0.5, 0.6) is 0 Å². The van der Waals surface area contributed by atoms with Crippen LogP contribution in [0, 0.1) is 19.8 Å². The van der Waals surface area contributed by atoms with E-state index in [4.69, 9.17) is 0 Å². The normalized spacial score (nSPS) is 14.2. The third-order valence-corrected chi connectivity index (χ3v) is 6.81. The summed E-state index contributed by atoms with van der Waals surface area (Å²) in [6, 6.07) is 14.2. The van der Waals surface area contributed by atoms with Crippen LogP contribution < -0.4 is 16.0 Å². The van der Waals surface area contributed by atoms with Crippen molar-refractivity contribution >= 4 is 23.1 Å². The van der Waals surface area contributed by atoms with Crippen molar-refractivity contribution < 1.29 is 4.79 Å². The Hall–Kier alpha value is -3.71. The van der Waals surface area contributed by atoms with Crippen molar-refractivity contribution in [1.82, 2.24) is 25.0 Å². The zero-order valence-electron chi connectivity index (χ0n) is 20.3. The van der Waals surface area contributed by atoms with Gasteiger partial charge in [-0.05, 0) is 75.9 Å². The number of benzene rings is 2. The molecule has 4 aromatic rings. The van der Waals surface area contributed by atoms with Gasteiger partial charge in [-0.3, -0.25) is 9.20 Å². The molecule has 0 saturated carbocycles. The maximum atomic E-state index is 12.7. The lowest BCUT2D eigenvalue weighted by Crippen LogP contribution is -2.31. The van der Waals surface area contributed by atoms with Crippen molar-refractivity contribution in [3.8, 4) is 11.3 Å². The average Bonchev–Trinajstić information content (AvgIpc) is 3.30. The van der Waals surface area contributed by atoms with Crippen LogP contribution in [-0.2, 0) is 0 Å². The zero-order valence-corrected chi connectivity index (χ0v) is 20.3. The summed E-state index contributed by atoms with van der Waals surface area (Å²) in [5.41, 5.74) is 6.58. The third kappa shape index (κ3) is 5.20. The first-order chi connectivity index (χ1) is 17.1. The Bertz CT molecular complexity index is 1320. The smallest absolute Gasteiger partial charge is 0.251 e. The van der Waals surface area contributed by atoms with Gasteiger partial charge in [0.15, 0.2) is 11.5 Å². The molecular weight excluding hydrogens is 436 g/mol. The van der Waals surface area contributed by atoms with Crippen LogP contribution in [0.25, 0.3) is 16.9 Å². The number of carbonyl (C=O) groups excluding carboxylic acids is 1. The fraction of sp³-hybridized carbons (Fsp3) is 0.321. The number of carbonyl (C=O) groups is 1. The molecule has 1 aliphatic heterocycles. The Morgan fingerprint density at radius 2 is 1.89 bits per heavy atom. The predicted molar refractivity (Wildman–Crippen MR) is 140 cm³/mol. The molecule has 35 heavy (non-hydrogen) atoms. The van der Waals surface area contributed by atoms with Gasteiger partial charge in [-0.2, -0.15) is 0 Å². The number of nitrogens with zero attached hydrogens (tertiary/aromatic N) is 3. The van der Waals surface area contributed by atoms with E-state index in [2.05, 4.69) is 57.1 Å². The minimum Gasteiger partial charge on any atom is -0.352 e. The molecule has 7 heteroatoms. The summed E-state index contributed by atoms with van der Waals surface area (Å²) in [5.74, 6) is 1.36. The second kappa shape index (κ2) is 10.3. The fourth-order valence-corrected chi connectivity index (χ4v) is 4.73. The topological polar surface area (TPSA) is 83.3 Å². The second-order valence-corrected chi connectivity index (χ2v) is 9.37. The first-order valence-electron chi connectivity index (χ1n) is 12.3. The van der Waals surface area contributed by atoms with Gasteiger partial charge in [0, 0.05) is 35.8 Å². The molecule has 0 unspecified atom stereocenters. The van der Waals surface area contributed by atoms with E-state index in [1.807, 2.05) is 41.9 Å². The Kier molecular flexibility index (Phi) is 6.77. The van der Waals surface area contributed by atoms with Gasteiger partial charge in [-0.25, -0.2) is 9.97 Å². The highest BCUT2D eigenvalue weighted by molar-refractivity contribution is 5.96. The van der Waals surface area contributed by atoms with Crippen molar-refractivity contribution in [1.29, 1.82) is 0 Å². The second-order valence-electron chi connectivity index (χ2n) is 9.37. The number of aromatic nitrogens is 3. The SMILES string of the molecule is Cc1ccc(-c2cnc3c(Nc4ccc(C(=O)NCCC5CCNCC5)c(C)c4)nccn23)cc1. The van der Waals surface area contributed by atoms with Crippen LogP contribution >= 0.6 is 0 Å². The van der Waals surface area contributed by atoms with E-state index in [0.717, 1.165) is 54.2 Å². The van der Waals surface area contributed by atoms with Gasteiger partial charge >= 0.3 is 0 Å². The van der Waals surface area contributed by atoms with E-state index in [9.17, 15) is 4.79 Å². The standard InChI is InChI=1S/C28H32N6O/c1-19-3-5-22(6-4-19)25-18-32-27-26(30-15-16-34(25)27)33-23-7-8-24(20(2)17-23)28(35)31-14-11-21-9-12-29-13-10-21/h3-8,15-18,21,29H,9-14H2,1-2H3,(H,30,33)(H,31,35). The summed E-state index contributed by atoms with van der Waals surface area (Å²) in [7, 11) is 0. The van der Waals surface area contributed by atoms with Crippen LogP contribution in [-0.4, -0.2) is 39.9 Å². The lowest BCUT2D eigenvalue weighted by Gasteiger charge is -2.22. The summed E-state index contributed by atoms with van der Waals surface area (Å²) in [6.07, 6.45) is 8.99. The Morgan fingerprint density at radius 3 is 2.66 bits per heavy atom. The van der Waals surface area contributed by atoms with Crippen LogP contribution in [0.4, 0.5) is 11.5 Å². The molecule has 1 saturated heterocycles. The lowest BCUT2D eigenvalue weighted by molar-refractivity contribution is 0.0950. The highest BCUT2D eigenvalue weighted by Crippen LogP contribution is 2.26. The Balaban J connectivity index is 1.28. The number of imidazole rings is 1. The van der Waals surface area contributed by atoms with Crippen molar-refractivity contribution in [2.24, 2.45) is 5.92 Å². The van der Waals surface area contributed by atoms with Gasteiger partial charge in [0.2, 0.25) is 0 Å². The van der Waals surface area contributed by atoms with Crippen molar-refractivity contribution in [3.63, 3.8) is 0 Å². The van der Waals surface area contributed by atoms with E-state index in [1.54, 1.807) is 6.20 Å². The number of fused-ring (bicyclic) bond motifs is 1. The summed E-state index contributed by atoms with van der Waals surface area (Å²) < 4.78 is 2.04. The van der Waals surface area contributed by atoms with Crippen molar-refractivity contribution in [3.05, 3.63) is 77.7 Å². The van der Waals surface area contributed by atoms with E-state index in [1.165, 1.54) is 18.4 Å². The quantitative estimate of drug-likeness (QED) is 0.360. The molecule has 1 aliphatic rings. The van der Waals surface area contributed by atoms with Gasteiger partial charge in [0.1, 0.15) is 0 Å². The molecule has 180 valence electrons. The molecule has 0 radical (unpaired) electrons. The van der Waals surface area contributed by atoms with Crippen LogP contribution in [0.15, 0.2) is 61.1 Å². The zero-order chi connectivity index (χ0) is 24.2. The van der Waals surface area contributed by atoms with E-state index < -0.39 is 0 Å². The number of amides is 1. The Morgan fingerprint density at radius 1 is 1.09 bits per heavy atom. The molecule has 0 atom stereocenters. The van der Waals surface area contributed by atoms with Crippen LogP contribution in [0.3, 0.4) is 0 Å². The van der Waals surface area contributed by atoms with Crippen molar-refractivity contribution in [2.45, 2.75) is 33.1 Å². The largest absolute Gasteiger partial charge is 0.352 e. The summed E-state index contributed by atoms with van der Waals surface area (Å²) >= 11 is 0. The van der Waals surface area contributed by atoms with E-state index in [0.29, 0.717) is 17.3 Å². The highest BCUT2D eigenvalue weighted by atomic mass is 16.1. The lowest BCUT2D eigenvalue weighted by atomic mass is 9.95. The number of hydrogen-bond acceptors (Lipinski definition) is 5. The number of anilines is 2. The van der Waals surface area contributed by atoms with Gasteiger partial charge in [-0.15, -0.1) is 0 Å². The number of rotatable bonds is 7. The van der Waals surface area contributed by atoms with Gasteiger partial charge in [-0.1, -0.05) is 29.8 Å². The van der Waals surface area contributed by atoms with Crippen LogP contribution in [0.2, 0.25) is 0 Å².